The Labute approximate surface area is 186 Å². The van der Waals surface area contributed by atoms with E-state index in [0.717, 1.165) is 0 Å². The monoisotopic (exact) mass is 488 g/mol. The number of benzene rings is 2. The highest BCUT2D eigenvalue weighted by Crippen LogP contribution is 2.26. The van der Waals surface area contributed by atoms with Crippen LogP contribution in [0.5, 0.6) is 5.75 Å². The predicted octanol–water partition coefficient (Wildman–Crippen LogP) is 3.32. The van der Waals surface area contributed by atoms with Gasteiger partial charge in [-0.3, -0.25) is 9.59 Å². The Morgan fingerprint density at radius 3 is 2.43 bits per heavy atom. The third kappa shape index (κ3) is 3.93. The zero-order chi connectivity index (χ0) is 21.3. The van der Waals surface area contributed by atoms with Gasteiger partial charge in [0, 0.05) is 30.7 Å². The lowest BCUT2D eigenvalue weighted by molar-refractivity contribution is 0.0743. The molecule has 1 saturated heterocycles. The van der Waals surface area contributed by atoms with E-state index in [1.54, 1.807) is 35.4 Å². The molecule has 0 atom stereocenters. The second-order valence-corrected chi connectivity index (χ2v) is 8.13. The standard InChI is InChI=1S/C21H18BrClN4O3/c22-14-6-7-16(18(28)12-14)20(29)26-10-8-25(9-11-26)17-13-24-27(21(30)19(17)23)15-4-2-1-3-5-15/h1-7,12-13,28H,8-11H2. The van der Waals surface area contributed by atoms with Gasteiger partial charge in [-0.1, -0.05) is 45.7 Å². The Balaban J connectivity index is 1.50. The SMILES string of the molecule is O=C(c1ccc(Br)cc1O)N1CCN(c2cnn(-c3ccccc3)c(=O)c2Cl)CC1. The number of para-hydroxylation sites is 1. The van der Waals surface area contributed by atoms with Gasteiger partial charge in [0.05, 0.1) is 23.1 Å². The molecule has 0 spiro atoms. The van der Waals surface area contributed by atoms with Crippen molar-refractivity contribution >= 4 is 39.1 Å². The first-order valence-corrected chi connectivity index (χ1v) is 10.5. The average molecular weight is 490 g/mol. The number of aromatic nitrogens is 2. The Morgan fingerprint density at radius 2 is 1.77 bits per heavy atom. The summed E-state index contributed by atoms with van der Waals surface area (Å²) in [6.07, 6.45) is 1.58. The van der Waals surface area contributed by atoms with E-state index in [0.29, 0.717) is 42.0 Å². The number of carbonyl (C=O) groups excluding carboxylic acids is 1. The van der Waals surface area contributed by atoms with Gasteiger partial charge in [0.1, 0.15) is 10.8 Å². The van der Waals surface area contributed by atoms with Gasteiger partial charge in [0.2, 0.25) is 0 Å². The van der Waals surface area contributed by atoms with Gasteiger partial charge in [0.15, 0.2) is 0 Å². The number of amides is 1. The highest BCUT2D eigenvalue weighted by molar-refractivity contribution is 9.10. The van der Waals surface area contributed by atoms with E-state index in [1.807, 2.05) is 23.1 Å². The molecule has 154 valence electrons. The minimum Gasteiger partial charge on any atom is -0.507 e. The fraction of sp³-hybridized carbons (Fsp3) is 0.190. The molecular weight excluding hydrogens is 472 g/mol. The molecule has 9 heteroatoms. The Kier molecular flexibility index (Phi) is 5.78. The predicted molar refractivity (Wildman–Crippen MR) is 119 cm³/mol. The first kappa shape index (κ1) is 20.4. The van der Waals surface area contributed by atoms with Crippen molar-refractivity contribution in [3.8, 4) is 11.4 Å². The van der Waals surface area contributed by atoms with Gasteiger partial charge in [-0.25, -0.2) is 0 Å². The molecule has 2 aromatic carbocycles. The van der Waals surface area contributed by atoms with Crippen LogP contribution < -0.4 is 10.5 Å². The molecule has 1 N–H and O–H groups in total. The van der Waals surface area contributed by atoms with Crippen molar-refractivity contribution in [2.75, 3.05) is 31.1 Å². The maximum absolute atomic E-state index is 12.7. The summed E-state index contributed by atoms with van der Waals surface area (Å²) in [6.45, 7) is 1.87. The zero-order valence-electron chi connectivity index (χ0n) is 15.8. The van der Waals surface area contributed by atoms with Crippen LogP contribution in [0.2, 0.25) is 5.02 Å². The maximum atomic E-state index is 12.7. The van der Waals surface area contributed by atoms with Crippen LogP contribution in [-0.2, 0) is 0 Å². The van der Waals surface area contributed by atoms with Crippen LogP contribution in [0.3, 0.4) is 0 Å². The van der Waals surface area contributed by atoms with E-state index in [-0.39, 0.29) is 22.2 Å². The molecule has 1 fully saturated rings. The van der Waals surface area contributed by atoms with Crippen LogP contribution in [0.4, 0.5) is 5.69 Å². The van der Waals surface area contributed by atoms with Crippen LogP contribution in [0.15, 0.2) is 64.0 Å². The van der Waals surface area contributed by atoms with Crippen LogP contribution in [0.1, 0.15) is 10.4 Å². The summed E-state index contributed by atoms with van der Waals surface area (Å²) in [5.41, 5.74) is 1.06. The Hall–Kier alpha value is -2.84. The van der Waals surface area contributed by atoms with Crippen molar-refractivity contribution in [3.63, 3.8) is 0 Å². The van der Waals surface area contributed by atoms with Crippen LogP contribution in [0.25, 0.3) is 5.69 Å². The highest BCUT2D eigenvalue weighted by atomic mass is 79.9. The smallest absolute Gasteiger partial charge is 0.292 e. The van der Waals surface area contributed by atoms with Gasteiger partial charge in [-0.05, 0) is 30.3 Å². The molecule has 0 aliphatic carbocycles. The van der Waals surface area contributed by atoms with E-state index in [2.05, 4.69) is 21.0 Å². The molecular formula is C21H18BrClN4O3. The molecule has 0 saturated carbocycles. The zero-order valence-corrected chi connectivity index (χ0v) is 18.2. The van der Waals surface area contributed by atoms with E-state index >= 15 is 0 Å². The first-order chi connectivity index (χ1) is 14.5. The van der Waals surface area contributed by atoms with Crippen molar-refractivity contribution in [2.45, 2.75) is 0 Å². The van der Waals surface area contributed by atoms with E-state index in [4.69, 9.17) is 11.6 Å². The maximum Gasteiger partial charge on any atom is 0.292 e. The van der Waals surface area contributed by atoms with Crippen LogP contribution in [-0.4, -0.2) is 51.9 Å². The van der Waals surface area contributed by atoms with E-state index < -0.39 is 5.56 Å². The average Bonchev–Trinajstić information content (AvgIpc) is 2.76. The summed E-state index contributed by atoms with van der Waals surface area (Å²) >= 11 is 9.65. The summed E-state index contributed by atoms with van der Waals surface area (Å²) in [7, 11) is 0. The Morgan fingerprint density at radius 1 is 1.07 bits per heavy atom. The number of rotatable bonds is 3. The minimum atomic E-state index is -0.390. The number of halogens is 2. The quantitative estimate of drug-likeness (QED) is 0.611. The molecule has 0 bridgehead atoms. The number of nitrogens with zero attached hydrogens (tertiary/aromatic N) is 4. The summed E-state index contributed by atoms with van der Waals surface area (Å²) in [5, 5.41) is 14.4. The number of anilines is 1. The van der Waals surface area contributed by atoms with Crippen molar-refractivity contribution in [1.82, 2.24) is 14.7 Å². The second-order valence-electron chi connectivity index (χ2n) is 6.84. The van der Waals surface area contributed by atoms with Gasteiger partial charge in [-0.2, -0.15) is 9.78 Å². The first-order valence-electron chi connectivity index (χ1n) is 9.31. The number of piperazine rings is 1. The van der Waals surface area contributed by atoms with Gasteiger partial charge in [-0.15, -0.1) is 0 Å². The third-order valence-electron chi connectivity index (χ3n) is 5.00. The molecule has 4 rings (SSSR count). The fourth-order valence-corrected chi connectivity index (χ4v) is 4.00. The van der Waals surface area contributed by atoms with Crippen LogP contribution >= 0.6 is 27.5 Å². The molecule has 3 aromatic rings. The highest BCUT2D eigenvalue weighted by Gasteiger charge is 2.26. The fourth-order valence-electron chi connectivity index (χ4n) is 3.40. The molecule has 7 nitrogen and oxygen atoms in total. The molecule has 2 heterocycles. The van der Waals surface area contributed by atoms with Crippen molar-refractivity contribution in [1.29, 1.82) is 0 Å². The molecule has 0 unspecified atom stereocenters. The summed E-state index contributed by atoms with van der Waals surface area (Å²) in [4.78, 5) is 29.1. The minimum absolute atomic E-state index is 0.0615. The topological polar surface area (TPSA) is 78.7 Å². The largest absolute Gasteiger partial charge is 0.507 e. The van der Waals surface area contributed by atoms with Gasteiger partial charge < -0.3 is 14.9 Å². The van der Waals surface area contributed by atoms with Crippen LogP contribution in [0, 0.1) is 0 Å². The lowest BCUT2D eigenvalue weighted by Crippen LogP contribution is -2.49. The molecule has 1 aliphatic heterocycles. The molecule has 1 aromatic heterocycles. The number of aromatic hydroxyl groups is 1. The number of carbonyl (C=O) groups is 1. The molecule has 0 radical (unpaired) electrons. The van der Waals surface area contributed by atoms with Crippen molar-refractivity contribution in [2.24, 2.45) is 0 Å². The van der Waals surface area contributed by atoms with Gasteiger partial charge in [0.25, 0.3) is 11.5 Å². The molecule has 1 aliphatic rings. The summed E-state index contributed by atoms with van der Waals surface area (Å²) < 4.78 is 1.97. The molecule has 30 heavy (non-hydrogen) atoms. The molecule has 1 amide bonds. The Bertz CT molecular complexity index is 1140. The van der Waals surface area contributed by atoms with Crippen molar-refractivity contribution in [3.05, 3.63) is 80.1 Å². The number of hydrogen-bond acceptors (Lipinski definition) is 5. The number of hydrogen-bond donors (Lipinski definition) is 1. The van der Waals surface area contributed by atoms with E-state index in [1.165, 1.54) is 10.7 Å². The summed E-state index contributed by atoms with van der Waals surface area (Å²) in [6, 6.07) is 13.9. The van der Waals surface area contributed by atoms with E-state index in [9.17, 15) is 14.7 Å². The third-order valence-corrected chi connectivity index (χ3v) is 5.85. The normalized spacial score (nSPS) is 14.1. The number of phenolic OH excluding ortho intramolecular Hbond substituents is 1. The van der Waals surface area contributed by atoms with Crippen molar-refractivity contribution < 1.29 is 9.90 Å². The second kappa shape index (κ2) is 8.49. The summed E-state index contributed by atoms with van der Waals surface area (Å²) in [5.74, 6) is -0.295. The number of phenols is 1. The lowest BCUT2D eigenvalue weighted by Gasteiger charge is -2.36. The lowest BCUT2D eigenvalue weighted by atomic mass is 10.1. The van der Waals surface area contributed by atoms with Gasteiger partial charge >= 0.3 is 0 Å².